The van der Waals surface area contributed by atoms with Gasteiger partial charge in [0.05, 0.1) is 8.07 Å². The van der Waals surface area contributed by atoms with Gasteiger partial charge in [0.25, 0.3) is 0 Å². The van der Waals surface area contributed by atoms with Crippen LogP contribution in [0.5, 0.6) is 0 Å². The van der Waals surface area contributed by atoms with E-state index >= 15 is 0 Å². The molecule has 0 saturated heterocycles. The fraction of sp³-hybridized carbons (Fsp3) is 0.647. The van der Waals surface area contributed by atoms with Gasteiger partial charge in [0.15, 0.2) is 0 Å². The second-order valence-corrected chi connectivity index (χ2v) is 10.5. The minimum atomic E-state index is -1.20. The number of unbranched alkanes of at least 4 members (excludes halogenated alkanes) is 4. The molecule has 0 bridgehead atoms. The van der Waals surface area contributed by atoms with Gasteiger partial charge >= 0.3 is 0 Å². The van der Waals surface area contributed by atoms with E-state index in [1.807, 2.05) is 0 Å². The fourth-order valence-corrected chi connectivity index (χ4v) is 6.67. The summed E-state index contributed by atoms with van der Waals surface area (Å²) in [6, 6.07) is 14.3. The van der Waals surface area contributed by atoms with E-state index in [1.54, 1.807) is 5.19 Å². The average molecular weight is 263 g/mol. The summed E-state index contributed by atoms with van der Waals surface area (Å²) in [5, 5.41) is 1.68. The first-order chi connectivity index (χ1) is 8.73. The third kappa shape index (κ3) is 4.97. The Balaban J connectivity index is 2.67. The van der Waals surface area contributed by atoms with Crippen molar-refractivity contribution in [3.63, 3.8) is 0 Å². The zero-order valence-electron chi connectivity index (χ0n) is 12.5. The molecule has 0 radical (unpaired) electrons. The maximum atomic E-state index is 2.60. The van der Waals surface area contributed by atoms with Crippen LogP contribution in [-0.4, -0.2) is 8.07 Å². The van der Waals surface area contributed by atoms with Gasteiger partial charge in [0.1, 0.15) is 0 Å². The Bertz CT molecular complexity index is 295. The highest BCUT2D eigenvalue weighted by Crippen LogP contribution is 2.22. The van der Waals surface area contributed by atoms with Crippen LogP contribution in [0.2, 0.25) is 18.6 Å². The van der Waals surface area contributed by atoms with Gasteiger partial charge in [0.2, 0.25) is 0 Å². The van der Waals surface area contributed by atoms with E-state index in [0.29, 0.717) is 0 Å². The molecule has 0 aliphatic carbocycles. The highest BCUT2D eigenvalue weighted by Gasteiger charge is 2.27. The van der Waals surface area contributed by atoms with Crippen molar-refractivity contribution in [2.24, 2.45) is 0 Å². The molecule has 0 heterocycles. The van der Waals surface area contributed by atoms with E-state index in [9.17, 15) is 0 Å². The monoisotopic (exact) mass is 262 g/mol. The number of benzene rings is 1. The summed E-state index contributed by atoms with van der Waals surface area (Å²) < 4.78 is 0. The summed E-state index contributed by atoms with van der Waals surface area (Å²) in [5.74, 6) is 0. The minimum Gasteiger partial charge on any atom is -0.0654 e. The van der Waals surface area contributed by atoms with E-state index in [1.165, 1.54) is 50.6 Å². The molecular formula is C17H30Si. The lowest BCUT2D eigenvalue weighted by Crippen LogP contribution is -2.44. The van der Waals surface area contributed by atoms with Crippen LogP contribution < -0.4 is 5.19 Å². The van der Waals surface area contributed by atoms with Gasteiger partial charge in [-0.2, -0.15) is 0 Å². The smallest absolute Gasteiger partial charge is 0.0654 e. The van der Waals surface area contributed by atoms with Crippen LogP contribution in [0.4, 0.5) is 0 Å². The van der Waals surface area contributed by atoms with Crippen LogP contribution in [0.25, 0.3) is 0 Å². The highest BCUT2D eigenvalue weighted by atomic mass is 28.3. The molecule has 0 N–H and O–H groups in total. The fourth-order valence-electron chi connectivity index (χ4n) is 2.78. The van der Waals surface area contributed by atoms with Gasteiger partial charge in [-0.1, -0.05) is 107 Å². The predicted molar refractivity (Wildman–Crippen MR) is 86.4 cm³/mol. The second kappa shape index (κ2) is 8.52. The zero-order chi connectivity index (χ0) is 13.3. The maximum absolute atomic E-state index is 2.60. The Morgan fingerprint density at radius 2 is 1.28 bits per heavy atom. The second-order valence-electron chi connectivity index (χ2n) is 5.84. The summed E-state index contributed by atoms with van der Waals surface area (Å²) in [4.78, 5) is 0. The summed E-state index contributed by atoms with van der Waals surface area (Å²) in [5.41, 5.74) is 0. The molecule has 0 saturated carbocycles. The number of rotatable bonds is 9. The Morgan fingerprint density at radius 3 is 1.72 bits per heavy atom. The third-order valence-electron chi connectivity index (χ3n) is 4.13. The average Bonchev–Trinajstić information content (AvgIpc) is 2.40. The van der Waals surface area contributed by atoms with Crippen LogP contribution >= 0.6 is 0 Å². The molecule has 1 aromatic rings. The van der Waals surface area contributed by atoms with E-state index in [2.05, 4.69) is 50.7 Å². The van der Waals surface area contributed by atoms with E-state index in [4.69, 9.17) is 0 Å². The maximum Gasteiger partial charge on any atom is 0.0836 e. The predicted octanol–water partition coefficient (Wildman–Crippen LogP) is 5.35. The Kier molecular flexibility index (Phi) is 7.34. The molecule has 102 valence electrons. The standard InChI is InChI=1S/C17H30Si/c1-4-6-11-15-18(3,16-12-7-5-2)17-13-9-8-10-14-17/h8-10,13-14H,4-7,11-12,15-16H2,1-3H3. The largest absolute Gasteiger partial charge is 0.0836 e. The lowest BCUT2D eigenvalue weighted by Gasteiger charge is -2.28. The number of hydrogen-bond acceptors (Lipinski definition) is 0. The lowest BCUT2D eigenvalue weighted by molar-refractivity contribution is 0.742. The molecule has 0 amide bonds. The van der Waals surface area contributed by atoms with Crippen molar-refractivity contribution in [1.82, 2.24) is 0 Å². The first-order valence-electron chi connectivity index (χ1n) is 7.78. The van der Waals surface area contributed by atoms with E-state index in [-0.39, 0.29) is 0 Å². The van der Waals surface area contributed by atoms with Gasteiger partial charge in [-0.05, 0) is 0 Å². The summed E-state index contributed by atoms with van der Waals surface area (Å²) in [6.07, 6.45) is 8.36. The molecule has 0 aliphatic heterocycles. The molecule has 1 aromatic carbocycles. The van der Waals surface area contributed by atoms with Crippen LogP contribution in [0.3, 0.4) is 0 Å². The van der Waals surface area contributed by atoms with Crippen molar-refractivity contribution in [2.45, 2.75) is 71.0 Å². The molecule has 0 nitrogen and oxygen atoms in total. The molecule has 0 aliphatic rings. The molecule has 1 heteroatoms. The highest BCUT2D eigenvalue weighted by molar-refractivity contribution is 6.90. The van der Waals surface area contributed by atoms with Crippen molar-refractivity contribution < 1.29 is 0 Å². The molecule has 0 aromatic heterocycles. The Morgan fingerprint density at radius 1 is 0.778 bits per heavy atom. The van der Waals surface area contributed by atoms with Gasteiger partial charge in [-0.15, -0.1) is 0 Å². The topological polar surface area (TPSA) is 0 Å². The molecule has 0 unspecified atom stereocenters. The van der Waals surface area contributed by atoms with E-state index in [0.717, 1.165) is 0 Å². The van der Waals surface area contributed by atoms with Crippen LogP contribution in [0.1, 0.15) is 52.4 Å². The van der Waals surface area contributed by atoms with Crippen molar-refractivity contribution in [1.29, 1.82) is 0 Å². The summed E-state index contributed by atoms with van der Waals surface area (Å²) in [6.45, 7) is 7.21. The zero-order valence-corrected chi connectivity index (χ0v) is 13.5. The first kappa shape index (κ1) is 15.5. The SMILES string of the molecule is CCCCC[Si](C)(CCCCC)c1ccccc1. The molecule has 0 atom stereocenters. The van der Waals surface area contributed by atoms with Crippen molar-refractivity contribution in [2.75, 3.05) is 0 Å². The first-order valence-corrected chi connectivity index (χ1v) is 10.7. The van der Waals surface area contributed by atoms with Gasteiger partial charge in [0, 0.05) is 0 Å². The molecular weight excluding hydrogens is 232 g/mol. The quantitative estimate of drug-likeness (QED) is 0.415. The van der Waals surface area contributed by atoms with Crippen molar-refractivity contribution >= 4 is 13.3 Å². The minimum absolute atomic E-state index is 1.20. The summed E-state index contributed by atoms with van der Waals surface area (Å²) in [7, 11) is -1.20. The Labute approximate surface area is 115 Å². The van der Waals surface area contributed by atoms with Gasteiger partial charge in [-0.3, -0.25) is 0 Å². The lowest BCUT2D eigenvalue weighted by atomic mass is 10.3. The molecule has 18 heavy (non-hydrogen) atoms. The van der Waals surface area contributed by atoms with Crippen molar-refractivity contribution in [3.05, 3.63) is 30.3 Å². The van der Waals surface area contributed by atoms with Crippen LogP contribution in [0, 0.1) is 0 Å². The van der Waals surface area contributed by atoms with Gasteiger partial charge in [-0.25, -0.2) is 0 Å². The third-order valence-corrected chi connectivity index (χ3v) is 8.78. The molecule has 1 rings (SSSR count). The number of hydrogen-bond donors (Lipinski definition) is 0. The van der Waals surface area contributed by atoms with Crippen molar-refractivity contribution in [3.8, 4) is 0 Å². The molecule has 0 fully saturated rings. The summed E-state index contributed by atoms with van der Waals surface area (Å²) >= 11 is 0. The normalized spacial score (nSPS) is 11.7. The van der Waals surface area contributed by atoms with Crippen LogP contribution in [0.15, 0.2) is 30.3 Å². The van der Waals surface area contributed by atoms with E-state index < -0.39 is 8.07 Å². The Hall–Kier alpha value is -0.563. The van der Waals surface area contributed by atoms with Crippen LogP contribution in [-0.2, 0) is 0 Å². The van der Waals surface area contributed by atoms with Gasteiger partial charge < -0.3 is 0 Å². The molecule has 0 spiro atoms.